The average Bonchev–Trinajstić information content (AvgIpc) is 3.53. The third-order valence-corrected chi connectivity index (χ3v) is 6.75. The smallest absolute Gasteiger partial charge is 0.359 e. The van der Waals surface area contributed by atoms with Crippen LogP contribution in [0, 0.1) is 19.8 Å². The molecule has 1 saturated heterocycles. The van der Waals surface area contributed by atoms with Crippen molar-refractivity contribution in [1.29, 1.82) is 0 Å². The highest BCUT2D eigenvalue weighted by Gasteiger charge is 2.58. The predicted octanol–water partition coefficient (Wildman–Crippen LogP) is 3.56. The lowest BCUT2D eigenvalue weighted by Gasteiger charge is -2.15. The van der Waals surface area contributed by atoms with Crippen LogP contribution in [0.4, 0.5) is 5.69 Å². The van der Waals surface area contributed by atoms with E-state index in [1.807, 2.05) is 19.1 Å². The summed E-state index contributed by atoms with van der Waals surface area (Å²) in [5, 5.41) is 8.19. The molecule has 0 spiro atoms. The standard InChI is InChI=1S/C26H21BrN4O6/c1-4-36-26(35)21-18(14(3)31(28-21)17-9-5-13(2)6-10-17)22(32)20-19-23(37-29-20)25(34)30(24(19)33)16-11-7-15(27)8-12-16/h5-12,19,23H,4H2,1-3H3/t19-,23-/m0/s1. The van der Waals surface area contributed by atoms with E-state index in [0.717, 1.165) is 14.9 Å². The van der Waals surface area contributed by atoms with Gasteiger partial charge in [0.05, 0.1) is 29.2 Å². The topological polar surface area (TPSA) is 120 Å². The number of aromatic nitrogens is 2. The van der Waals surface area contributed by atoms with Crippen molar-refractivity contribution in [2.75, 3.05) is 11.5 Å². The first-order chi connectivity index (χ1) is 17.7. The van der Waals surface area contributed by atoms with Gasteiger partial charge < -0.3 is 9.57 Å². The van der Waals surface area contributed by atoms with E-state index in [2.05, 4.69) is 26.2 Å². The van der Waals surface area contributed by atoms with Gasteiger partial charge in [0.15, 0.2) is 5.69 Å². The molecule has 2 aliphatic rings. The fourth-order valence-electron chi connectivity index (χ4n) is 4.39. The first-order valence-electron chi connectivity index (χ1n) is 11.5. The Morgan fingerprint density at radius 3 is 2.30 bits per heavy atom. The number of amides is 2. The summed E-state index contributed by atoms with van der Waals surface area (Å²) in [5.41, 5.74) is 1.81. The molecule has 1 fully saturated rings. The van der Waals surface area contributed by atoms with Gasteiger partial charge in [-0.3, -0.25) is 14.4 Å². The number of halogens is 1. The van der Waals surface area contributed by atoms with Crippen molar-refractivity contribution in [3.63, 3.8) is 0 Å². The van der Waals surface area contributed by atoms with Crippen molar-refractivity contribution in [3.05, 3.63) is 75.5 Å². The summed E-state index contributed by atoms with van der Waals surface area (Å²) >= 11 is 3.32. The number of hydrogen-bond donors (Lipinski definition) is 0. The Labute approximate surface area is 220 Å². The van der Waals surface area contributed by atoms with Gasteiger partial charge in [0, 0.05) is 4.47 Å². The summed E-state index contributed by atoms with van der Waals surface area (Å²) < 4.78 is 7.38. The van der Waals surface area contributed by atoms with Crippen LogP contribution in [0.25, 0.3) is 5.69 Å². The fourth-order valence-corrected chi connectivity index (χ4v) is 4.66. The number of nitrogens with zero attached hydrogens (tertiary/aromatic N) is 4. The second-order valence-electron chi connectivity index (χ2n) is 8.57. The highest BCUT2D eigenvalue weighted by Crippen LogP contribution is 2.35. The molecule has 1 aromatic heterocycles. The van der Waals surface area contributed by atoms with E-state index in [4.69, 9.17) is 9.57 Å². The molecule has 188 valence electrons. The SMILES string of the molecule is CCOC(=O)c1nn(-c2ccc(C)cc2)c(C)c1C(=O)C1=NO[C@@H]2C(=O)N(c3ccc(Br)cc3)C(=O)[C@@H]12. The molecule has 0 unspecified atom stereocenters. The Balaban J connectivity index is 1.54. The predicted molar refractivity (Wildman–Crippen MR) is 136 cm³/mol. The van der Waals surface area contributed by atoms with Crippen molar-refractivity contribution >= 4 is 50.9 Å². The molecular weight excluding hydrogens is 544 g/mol. The minimum Gasteiger partial charge on any atom is -0.461 e. The monoisotopic (exact) mass is 564 g/mol. The molecule has 2 atom stereocenters. The van der Waals surface area contributed by atoms with E-state index in [9.17, 15) is 19.2 Å². The number of Topliss-reactive ketones (excluding diaryl/α,β-unsaturated/α-hetero) is 1. The summed E-state index contributed by atoms with van der Waals surface area (Å²) in [6, 6.07) is 14.0. The minimum atomic E-state index is -1.27. The van der Waals surface area contributed by atoms with Crippen LogP contribution in [0.3, 0.4) is 0 Å². The molecule has 11 heteroatoms. The van der Waals surface area contributed by atoms with Crippen LogP contribution in [0.2, 0.25) is 0 Å². The number of benzene rings is 2. The Morgan fingerprint density at radius 2 is 1.65 bits per heavy atom. The number of oxime groups is 1. The van der Waals surface area contributed by atoms with Crippen LogP contribution in [0.1, 0.15) is 39.0 Å². The molecule has 2 amide bonds. The largest absolute Gasteiger partial charge is 0.461 e. The van der Waals surface area contributed by atoms with Crippen LogP contribution in [-0.4, -0.2) is 51.8 Å². The van der Waals surface area contributed by atoms with E-state index >= 15 is 0 Å². The molecule has 2 aromatic carbocycles. The van der Waals surface area contributed by atoms with E-state index in [1.165, 1.54) is 4.68 Å². The lowest BCUT2D eigenvalue weighted by molar-refractivity contribution is -0.126. The Morgan fingerprint density at radius 1 is 1.00 bits per heavy atom. The van der Waals surface area contributed by atoms with Gasteiger partial charge in [0.2, 0.25) is 17.8 Å². The van der Waals surface area contributed by atoms with Crippen molar-refractivity contribution in [3.8, 4) is 5.69 Å². The molecule has 37 heavy (non-hydrogen) atoms. The van der Waals surface area contributed by atoms with Gasteiger partial charge in [-0.1, -0.05) is 38.8 Å². The Bertz CT molecular complexity index is 1480. The average molecular weight is 565 g/mol. The summed E-state index contributed by atoms with van der Waals surface area (Å²) in [5.74, 6) is -4.03. The van der Waals surface area contributed by atoms with E-state index in [-0.39, 0.29) is 23.6 Å². The lowest BCUT2D eigenvalue weighted by Crippen LogP contribution is -2.34. The number of ether oxygens (including phenoxy) is 1. The lowest BCUT2D eigenvalue weighted by atomic mass is 9.92. The van der Waals surface area contributed by atoms with Crippen LogP contribution in [0.5, 0.6) is 0 Å². The fraction of sp³-hybridized carbons (Fsp3) is 0.231. The maximum atomic E-state index is 13.8. The third kappa shape index (κ3) is 4.05. The van der Waals surface area contributed by atoms with E-state index in [1.54, 1.807) is 50.2 Å². The zero-order valence-corrected chi connectivity index (χ0v) is 21.7. The Hall–Kier alpha value is -4.12. The molecule has 0 radical (unpaired) electrons. The molecule has 5 rings (SSSR count). The van der Waals surface area contributed by atoms with Crippen molar-refractivity contribution in [1.82, 2.24) is 9.78 Å². The summed E-state index contributed by atoms with van der Waals surface area (Å²) in [4.78, 5) is 59.3. The van der Waals surface area contributed by atoms with Crippen LogP contribution in [0.15, 0.2) is 58.2 Å². The number of ketones is 1. The Kier molecular flexibility index (Phi) is 6.24. The highest BCUT2D eigenvalue weighted by atomic mass is 79.9. The number of hydrogen-bond acceptors (Lipinski definition) is 8. The summed E-state index contributed by atoms with van der Waals surface area (Å²) in [6.45, 7) is 5.28. The first kappa shape index (κ1) is 24.6. The molecule has 2 aliphatic heterocycles. The van der Waals surface area contributed by atoms with Crippen molar-refractivity contribution < 1.29 is 28.8 Å². The molecule has 0 bridgehead atoms. The normalized spacial score (nSPS) is 18.5. The van der Waals surface area contributed by atoms with Crippen molar-refractivity contribution in [2.45, 2.75) is 26.9 Å². The maximum Gasteiger partial charge on any atom is 0.359 e. The van der Waals surface area contributed by atoms with Crippen LogP contribution < -0.4 is 4.90 Å². The van der Waals surface area contributed by atoms with Gasteiger partial charge in [0.1, 0.15) is 11.6 Å². The molecule has 0 saturated carbocycles. The molecule has 10 nitrogen and oxygen atoms in total. The third-order valence-electron chi connectivity index (χ3n) is 6.22. The molecule has 0 aliphatic carbocycles. The van der Waals surface area contributed by atoms with Gasteiger partial charge in [-0.25, -0.2) is 14.4 Å². The maximum absolute atomic E-state index is 13.8. The van der Waals surface area contributed by atoms with E-state index < -0.39 is 35.6 Å². The quantitative estimate of drug-likeness (QED) is 0.255. The number of fused-ring (bicyclic) bond motifs is 1. The molecule has 0 N–H and O–H groups in total. The second kappa shape index (κ2) is 9.40. The highest BCUT2D eigenvalue weighted by molar-refractivity contribution is 9.10. The number of carbonyl (C=O) groups is 4. The van der Waals surface area contributed by atoms with E-state index in [0.29, 0.717) is 17.1 Å². The van der Waals surface area contributed by atoms with Gasteiger partial charge in [0.25, 0.3) is 5.91 Å². The summed E-state index contributed by atoms with van der Waals surface area (Å²) in [6.07, 6.45) is -1.27. The van der Waals surface area contributed by atoms with Crippen LogP contribution in [-0.2, 0) is 19.2 Å². The van der Waals surface area contributed by atoms with Crippen LogP contribution >= 0.6 is 15.9 Å². The number of rotatable bonds is 6. The molecule has 3 aromatic rings. The van der Waals surface area contributed by atoms with Gasteiger partial charge >= 0.3 is 5.97 Å². The number of imide groups is 1. The van der Waals surface area contributed by atoms with Gasteiger partial charge in [-0.2, -0.15) is 5.10 Å². The first-order valence-corrected chi connectivity index (χ1v) is 12.3. The van der Waals surface area contributed by atoms with Gasteiger partial charge in [-0.05, 0) is 57.2 Å². The minimum absolute atomic E-state index is 0.0654. The number of carbonyl (C=O) groups excluding carboxylic acids is 4. The number of aryl methyl sites for hydroxylation is 1. The zero-order valence-electron chi connectivity index (χ0n) is 20.1. The van der Waals surface area contributed by atoms with Crippen molar-refractivity contribution in [2.24, 2.45) is 11.1 Å². The molecular formula is C26H21BrN4O6. The molecule has 3 heterocycles. The number of esters is 1. The number of anilines is 1. The zero-order chi connectivity index (χ0) is 26.4. The second-order valence-corrected chi connectivity index (χ2v) is 9.49. The van der Waals surface area contributed by atoms with Gasteiger partial charge in [-0.15, -0.1) is 0 Å². The summed E-state index contributed by atoms with van der Waals surface area (Å²) in [7, 11) is 0.